The third kappa shape index (κ3) is 2.60. The zero-order valence-electron chi connectivity index (χ0n) is 10.2. The Morgan fingerprint density at radius 2 is 2.29 bits per heavy atom. The SMILES string of the molecule is CC(=O)N1CCCC[C@H]1c1cnc(Cl)c(C)c1. The Hall–Kier alpha value is -1.09. The lowest BCUT2D eigenvalue weighted by Crippen LogP contribution is -2.37. The summed E-state index contributed by atoms with van der Waals surface area (Å²) < 4.78 is 0. The molecule has 0 bridgehead atoms. The summed E-state index contributed by atoms with van der Waals surface area (Å²) >= 11 is 5.93. The summed E-state index contributed by atoms with van der Waals surface area (Å²) in [7, 11) is 0. The zero-order valence-corrected chi connectivity index (χ0v) is 11.0. The topological polar surface area (TPSA) is 33.2 Å². The first-order valence-electron chi connectivity index (χ1n) is 5.99. The number of aryl methyl sites for hydroxylation is 1. The minimum Gasteiger partial charge on any atom is -0.336 e. The molecule has 2 rings (SSSR count). The molecule has 0 unspecified atom stereocenters. The number of rotatable bonds is 1. The number of carbonyl (C=O) groups is 1. The fourth-order valence-electron chi connectivity index (χ4n) is 2.42. The Morgan fingerprint density at radius 1 is 1.53 bits per heavy atom. The number of amides is 1. The summed E-state index contributed by atoms with van der Waals surface area (Å²) in [5.41, 5.74) is 2.07. The third-order valence-corrected chi connectivity index (χ3v) is 3.72. The standard InChI is InChI=1S/C13H17ClN2O/c1-9-7-11(8-15-13(9)14)12-5-3-4-6-16(12)10(2)17/h7-8,12H,3-6H2,1-2H3/t12-/m0/s1. The van der Waals surface area contributed by atoms with Crippen molar-refractivity contribution in [1.82, 2.24) is 9.88 Å². The number of carbonyl (C=O) groups excluding carboxylic acids is 1. The Balaban J connectivity index is 2.29. The Morgan fingerprint density at radius 3 is 2.94 bits per heavy atom. The van der Waals surface area contributed by atoms with Crippen LogP contribution in [0.1, 0.15) is 43.4 Å². The van der Waals surface area contributed by atoms with E-state index in [1.54, 1.807) is 13.1 Å². The van der Waals surface area contributed by atoms with Gasteiger partial charge in [-0.15, -0.1) is 0 Å². The van der Waals surface area contributed by atoms with E-state index in [4.69, 9.17) is 11.6 Å². The number of hydrogen-bond donors (Lipinski definition) is 0. The van der Waals surface area contributed by atoms with Crippen LogP contribution in [-0.2, 0) is 4.79 Å². The van der Waals surface area contributed by atoms with Crippen LogP contribution in [0.2, 0.25) is 5.15 Å². The minimum absolute atomic E-state index is 0.141. The largest absolute Gasteiger partial charge is 0.336 e. The van der Waals surface area contributed by atoms with E-state index in [0.29, 0.717) is 5.15 Å². The van der Waals surface area contributed by atoms with Crippen LogP contribution < -0.4 is 0 Å². The zero-order chi connectivity index (χ0) is 12.4. The van der Waals surface area contributed by atoms with Gasteiger partial charge in [0.25, 0.3) is 0 Å². The molecule has 0 aliphatic carbocycles. The molecule has 0 aromatic carbocycles. The van der Waals surface area contributed by atoms with Crippen LogP contribution in [0.5, 0.6) is 0 Å². The number of hydrogen-bond acceptors (Lipinski definition) is 2. The predicted molar refractivity (Wildman–Crippen MR) is 68.0 cm³/mol. The minimum atomic E-state index is 0.141. The highest BCUT2D eigenvalue weighted by Gasteiger charge is 2.26. The van der Waals surface area contributed by atoms with E-state index in [1.165, 1.54) is 0 Å². The molecule has 4 heteroatoms. The molecular weight excluding hydrogens is 236 g/mol. The maximum atomic E-state index is 11.6. The van der Waals surface area contributed by atoms with Crippen molar-refractivity contribution in [2.24, 2.45) is 0 Å². The molecule has 17 heavy (non-hydrogen) atoms. The van der Waals surface area contributed by atoms with E-state index in [-0.39, 0.29) is 11.9 Å². The lowest BCUT2D eigenvalue weighted by atomic mass is 9.95. The number of nitrogens with zero attached hydrogens (tertiary/aromatic N) is 2. The molecule has 1 amide bonds. The molecule has 1 fully saturated rings. The molecular formula is C13H17ClN2O. The second-order valence-corrected chi connectivity index (χ2v) is 4.96. The molecule has 0 saturated carbocycles. The summed E-state index contributed by atoms with van der Waals surface area (Å²) in [4.78, 5) is 17.7. The fraction of sp³-hybridized carbons (Fsp3) is 0.538. The van der Waals surface area contributed by atoms with Gasteiger partial charge in [-0.05, 0) is 43.4 Å². The second kappa shape index (κ2) is 5.05. The van der Waals surface area contributed by atoms with Crippen molar-refractivity contribution in [3.63, 3.8) is 0 Å². The van der Waals surface area contributed by atoms with E-state index in [1.807, 2.05) is 17.9 Å². The van der Waals surface area contributed by atoms with Gasteiger partial charge in [-0.1, -0.05) is 11.6 Å². The van der Waals surface area contributed by atoms with Gasteiger partial charge in [0.15, 0.2) is 0 Å². The molecule has 1 saturated heterocycles. The van der Waals surface area contributed by atoms with E-state index in [0.717, 1.165) is 36.9 Å². The molecule has 1 aliphatic heterocycles. The Labute approximate surface area is 107 Å². The first-order valence-corrected chi connectivity index (χ1v) is 6.36. The molecule has 0 spiro atoms. The summed E-state index contributed by atoms with van der Waals surface area (Å²) in [5.74, 6) is 0.141. The normalized spacial score (nSPS) is 20.4. The van der Waals surface area contributed by atoms with Crippen LogP contribution in [0.15, 0.2) is 12.3 Å². The maximum Gasteiger partial charge on any atom is 0.219 e. The van der Waals surface area contributed by atoms with Crippen molar-refractivity contribution in [2.75, 3.05) is 6.54 Å². The summed E-state index contributed by atoms with van der Waals surface area (Å²) in [6.45, 7) is 4.43. The fourth-order valence-corrected chi connectivity index (χ4v) is 2.52. The third-order valence-electron chi connectivity index (χ3n) is 3.33. The van der Waals surface area contributed by atoms with Gasteiger partial charge in [-0.2, -0.15) is 0 Å². The first kappa shape index (κ1) is 12.4. The van der Waals surface area contributed by atoms with Crippen molar-refractivity contribution in [3.05, 3.63) is 28.5 Å². The van der Waals surface area contributed by atoms with E-state index in [2.05, 4.69) is 4.98 Å². The van der Waals surface area contributed by atoms with Crippen LogP contribution in [0.25, 0.3) is 0 Å². The van der Waals surface area contributed by atoms with Crippen molar-refractivity contribution in [2.45, 2.75) is 39.2 Å². The molecule has 0 N–H and O–H groups in total. The molecule has 3 nitrogen and oxygen atoms in total. The van der Waals surface area contributed by atoms with Crippen molar-refractivity contribution >= 4 is 17.5 Å². The van der Waals surface area contributed by atoms with Gasteiger partial charge in [-0.25, -0.2) is 4.98 Å². The molecule has 1 aliphatic rings. The van der Waals surface area contributed by atoms with Gasteiger partial charge in [0.05, 0.1) is 6.04 Å². The van der Waals surface area contributed by atoms with Crippen LogP contribution in [-0.4, -0.2) is 22.3 Å². The molecule has 1 aromatic heterocycles. The van der Waals surface area contributed by atoms with Gasteiger partial charge in [-0.3, -0.25) is 4.79 Å². The quantitative estimate of drug-likeness (QED) is 0.720. The van der Waals surface area contributed by atoms with Gasteiger partial charge < -0.3 is 4.90 Å². The van der Waals surface area contributed by atoms with Crippen LogP contribution in [0.4, 0.5) is 0 Å². The van der Waals surface area contributed by atoms with E-state index >= 15 is 0 Å². The van der Waals surface area contributed by atoms with Crippen LogP contribution in [0, 0.1) is 6.92 Å². The van der Waals surface area contributed by atoms with Crippen molar-refractivity contribution in [3.8, 4) is 0 Å². The predicted octanol–water partition coefficient (Wildman–Crippen LogP) is 3.12. The van der Waals surface area contributed by atoms with Crippen LogP contribution in [0.3, 0.4) is 0 Å². The average Bonchev–Trinajstić information content (AvgIpc) is 2.32. The van der Waals surface area contributed by atoms with Crippen molar-refractivity contribution < 1.29 is 4.79 Å². The highest BCUT2D eigenvalue weighted by molar-refractivity contribution is 6.30. The van der Waals surface area contributed by atoms with Gasteiger partial charge in [0.1, 0.15) is 5.15 Å². The highest BCUT2D eigenvalue weighted by Crippen LogP contribution is 2.31. The highest BCUT2D eigenvalue weighted by atomic mass is 35.5. The summed E-state index contributed by atoms with van der Waals surface area (Å²) in [5, 5.41) is 0.541. The molecule has 92 valence electrons. The van der Waals surface area contributed by atoms with Crippen molar-refractivity contribution in [1.29, 1.82) is 0 Å². The van der Waals surface area contributed by atoms with Crippen LogP contribution >= 0.6 is 11.6 Å². The van der Waals surface area contributed by atoms with Gasteiger partial charge in [0.2, 0.25) is 5.91 Å². The van der Waals surface area contributed by atoms with E-state index in [9.17, 15) is 4.79 Å². The molecule has 2 heterocycles. The second-order valence-electron chi connectivity index (χ2n) is 4.60. The van der Waals surface area contributed by atoms with Gasteiger partial charge >= 0.3 is 0 Å². The maximum absolute atomic E-state index is 11.6. The number of halogens is 1. The number of likely N-dealkylation sites (tertiary alicyclic amines) is 1. The van der Waals surface area contributed by atoms with E-state index < -0.39 is 0 Å². The first-order chi connectivity index (χ1) is 8.09. The summed E-state index contributed by atoms with van der Waals surface area (Å²) in [6.07, 6.45) is 5.07. The van der Waals surface area contributed by atoms with Gasteiger partial charge in [0, 0.05) is 19.7 Å². The molecule has 1 atom stereocenters. The lowest BCUT2D eigenvalue weighted by Gasteiger charge is -2.35. The Bertz CT molecular complexity index is 433. The molecule has 0 radical (unpaired) electrons. The molecule has 1 aromatic rings. The Kier molecular flexibility index (Phi) is 3.67. The summed E-state index contributed by atoms with van der Waals surface area (Å²) in [6, 6.07) is 2.21. The number of aromatic nitrogens is 1. The average molecular weight is 253 g/mol. The smallest absolute Gasteiger partial charge is 0.219 e. The number of pyridine rings is 1. The monoisotopic (exact) mass is 252 g/mol. The lowest BCUT2D eigenvalue weighted by molar-refractivity contribution is -0.132. The number of piperidine rings is 1.